The molecule has 0 aromatic heterocycles. The van der Waals surface area contributed by atoms with Gasteiger partial charge >= 0.3 is 51.4 Å². The first kappa shape index (κ1) is 90.7. The molecule has 0 aromatic carbocycles. The van der Waals surface area contributed by atoms with Crippen molar-refractivity contribution in [1.29, 1.82) is 0 Å². The summed E-state index contributed by atoms with van der Waals surface area (Å²) in [5, 5.41) is 0. The minimum atomic E-state index is 0. The zero-order chi connectivity index (χ0) is 0. The Morgan fingerprint density at radius 3 is 0.667 bits per heavy atom. The SMILES string of the molecule is [K+].[O-2].[O-2].[O-2].[OH-].[Re]. The zero-order valence-electron chi connectivity index (χ0n) is 3.05. The van der Waals surface area contributed by atoms with E-state index in [0.717, 1.165) is 0 Å². The molecule has 0 spiro atoms. The van der Waals surface area contributed by atoms with E-state index in [1.807, 2.05) is 0 Å². The molecular formula is HKO4Re-6. The molecule has 0 aliphatic carbocycles. The molecule has 0 heterocycles. The number of rotatable bonds is 0. The zero-order valence-corrected chi connectivity index (χ0v) is 8.89. The van der Waals surface area contributed by atoms with Gasteiger partial charge in [0, 0.05) is 20.4 Å². The van der Waals surface area contributed by atoms with E-state index in [4.69, 9.17) is 0 Å². The minimum absolute atomic E-state index is 0. The van der Waals surface area contributed by atoms with Gasteiger partial charge in [0.05, 0.1) is 0 Å². The molecule has 0 saturated heterocycles. The summed E-state index contributed by atoms with van der Waals surface area (Å²) in [4.78, 5) is 0. The first-order chi connectivity index (χ1) is 0. The molecule has 0 aromatic rings. The predicted molar refractivity (Wildman–Crippen MR) is 4.00 cm³/mol. The molecule has 0 amide bonds. The molecule has 6 heteroatoms. The van der Waals surface area contributed by atoms with E-state index in [2.05, 4.69) is 0 Å². The van der Waals surface area contributed by atoms with Crippen LogP contribution in [0.3, 0.4) is 0 Å². The van der Waals surface area contributed by atoms with Crippen LogP contribution in [0.1, 0.15) is 0 Å². The Morgan fingerprint density at radius 2 is 0.667 bits per heavy atom. The Labute approximate surface area is 92.0 Å². The Morgan fingerprint density at radius 1 is 0.667 bits per heavy atom. The molecule has 39 valence electrons. The molecule has 0 fully saturated rings. The fourth-order valence-corrected chi connectivity index (χ4v) is 0. The standard InChI is InChI=1S/K.H2O.3O.Re/h;1H2;;;;/q+1;;3*-2;/p-1. The monoisotopic (exact) mass is 291 g/mol. The van der Waals surface area contributed by atoms with Crippen LogP contribution < -0.4 is 51.4 Å². The molecule has 0 aliphatic rings. The van der Waals surface area contributed by atoms with Gasteiger partial charge in [-0.1, -0.05) is 0 Å². The second-order valence-corrected chi connectivity index (χ2v) is 0. The smallest absolute Gasteiger partial charge is 1.00 e. The van der Waals surface area contributed by atoms with Crippen LogP contribution in [0.15, 0.2) is 0 Å². The van der Waals surface area contributed by atoms with Gasteiger partial charge < -0.3 is 21.9 Å². The van der Waals surface area contributed by atoms with Gasteiger partial charge in [-0.3, -0.25) is 0 Å². The van der Waals surface area contributed by atoms with Gasteiger partial charge in [0.1, 0.15) is 0 Å². The number of hydrogen-bond donors (Lipinski definition) is 0. The van der Waals surface area contributed by atoms with E-state index >= 15 is 0 Å². The predicted octanol–water partition coefficient (Wildman–Crippen LogP) is -3.53. The van der Waals surface area contributed by atoms with E-state index in [1.54, 1.807) is 0 Å². The van der Waals surface area contributed by atoms with Crippen molar-refractivity contribution in [3.63, 3.8) is 0 Å². The van der Waals surface area contributed by atoms with Crippen molar-refractivity contribution in [2.24, 2.45) is 0 Å². The van der Waals surface area contributed by atoms with Crippen LogP contribution in [-0.4, -0.2) is 5.48 Å². The average molecular weight is 290 g/mol. The van der Waals surface area contributed by atoms with Crippen molar-refractivity contribution in [3.05, 3.63) is 0 Å². The topological polar surface area (TPSA) is 116 Å². The molecule has 0 atom stereocenters. The molecular weight excluding hydrogens is 289 g/mol. The summed E-state index contributed by atoms with van der Waals surface area (Å²) in [6, 6.07) is 0. The normalized spacial score (nSPS) is 0. The van der Waals surface area contributed by atoms with Crippen molar-refractivity contribution >= 4 is 0 Å². The summed E-state index contributed by atoms with van der Waals surface area (Å²) in [6.45, 7) is 0. The molecule has 1 radical (unpaired) electrons. The summed E-state index contributed by atoms with van der Waals surface area (Å²) in [6.07, 6.45) is 0. The quantitative estimate of drug-likeness (QED) is 0.422. The van der Waals surface area contributed by atoms with Gasteiger partial charge in [0.2, 0.25) is 0 Å². The van der Waals surface area contributed by atoms with Gasteiger partial charge in [-0.25, -0.2) is 0 Å². The molecule has 4 nitrogen and oxygen atoms in total. The van der Waals surface area contributed by atoms with Crippen molar-refractivity contribution in [2.75, 3.05) is 0 Å². The van der Waals surface area contributed by atoms with Gasteiger partial charge in [-0.15, -0.1) is 0 Å². The molecule has 6 heavy (non-hydrogen) atoms. The van der Waals surface area contributed by atoms with Gasteiger partial charge in [0.15, 0.2) is 0 Å². The molecule has 0 saturated carbocycles. The Hall–Kier alpha value is 2.14. The van der Waals surface area contributed by atoms with E-state index in [0.29, 0.717) is 0 Å². The van der Waals surface area contributed by atoms with Gasteiger partial charge in [-0.05, 0) is 0 Å². The maximum Gasteiger partial charge on any atom is 1.00 e. The largest absolute Gasteiger partial charge is 2.00 e. The summed E-state index contributed by atoms with van der Waals surface area (Å²) in [5.41, 5.74) is 0. The van der Waals surface area contributed by atoms with Gasteiger partial charge in [0.25, 0.3) is 0 Å². The fourth-order valence-electron chi connectivity index (χ4n) is 0. The van der Waals surface area contributed by atoms with Crippen LogP contribution in [-0.2, 0) is 36.9 Å². The van der Waals surface area contributed by atoms with Crippen molar-refractivity contribution in [2.45, 2.75) is 0 Å². The minimum Gasteiger partial charge on any atom is -2.00 e. The molecule has 0 aliphatic heterocycles. The third-order valence-corrected chi connectivity index (χ3v) is 0. The Balaban J connectivity index is 0. The van der Waals surface area contributed by atoms with Crippen LogP contribution >= 0.6 is 0 Å². The van der Waals surface area contributed by atoms with Crippen LogP contribution in [0.2, 0.25) is 0 Å². The summed E-state index contributed by atoms with van der Waals surface area (Å²) < 4.78 is 0. The van der Waals surface area contributed by atoms with E-state index in [9.17, 15) is 0 Å². The van der Waals surface area contributed by atoms with Gasteiger partial charge in [-0.2, -0.15) is 0 Å². The maximum atomic E-state index is 0. The average Bonchev–Trinajstić information content (AvgIpc) is 0. The van der Waals surface area contributed by atoms with Crippen LogP contribution in [0, 0.1) is 0 Å². The second kappa shape index (κ2) is 58.8. The summed E-state index contributed by atoms with van der Waals surface area (Å²) in [7, 11) is 0. The molecule has 0 unspecified atom stereocenters. The Bertz CT molecular complexity index is 7.51. The van der Waals surface area contributed by atoms with E-state index in [-0.39, 0.29) is 93.7 Å². The Kier molecular flexibility index (Phi) is 889. The first-order valence-corrected chi connectivity index (χ1v) is 0. The van der Waals surface area contributed by atoms with Crippen LogP contribution in [0.5, 0.6) is 0 Å². The fraction of sp³-hybridized carbons (Fsp3) is 0. The van der Waals surface area contributed by atoms with Crippen molar-refractivity contribution in [3.8, 4) is 0 Å². The third-order valence-electron chi connectivity index (χ3n) is 0. The number of hydrogen-bond acceptors (Lipinski definition) is 1. The summed E-state index contributed by atoms with van der Waals surface area (Å²) in [5.74, 6) is 0. The summed E-state index contributed by atoms with van der Waals surface area (Å²) >= 11 is 0. The van der Waals surface area contributed by atoms with Crippen LogP contribution in [0.4, 0.5) is 0 Å². The van der Waals surface area contributed by atoms with Crippen molar-refractivity contribution in [1.82, 2.24) is 0 Å². The maximum absolute atomic E-state index is 0. The molecule has 1 N–H and O–H groups in total. The molecule has 0 rings (SSSR count). The van der Waals surface area contributed by atoms with Crippen molar-refractivity contribution < 1.29 is 93.7 Å². The second-order valence-electron chi connectivity index (χ2n) is 0. The van der Waals surface area contributed by atoms with E-state index in [1.165, 1.54) is 0 Å². The third kappa shape index (κ3) is 35.4. The van der Waals surface area contributed by atoms with Crippen LogP contribution in [0.25, 0.3) is 0 Å². The van der Waals surface area contributed by atoms with E-state index < -0.39 is 0 Å². The first-order valence-electron chi connectivity index (χ1n) is 0. The molecule has 0 bridgehead atoms.